The van der Waals surface area contributed by atoms with Gasteiger partial charge in [0.1, 0.15) is 5.82 Å². The predicted octanol–water partition coefficient (Wildman–Crippen LogP) is 2.88. The average molecular weight is 459 g/mol. The predicted molar refractivity (Wildman–Crippen MR) is 131 cm³/mol. The number of H-pyrrole nitrogens is 1. The summed E-state index contributed by atoms with van der Waals surface area (Å²) in [7, 11) is 1.52. The normalized spacial score (nSPS) is 11.4. The van der Waals surface area contributed by atoms with Crippen molar-refractivity contribution in [2.75, 3.05) is 30.9 Å². The third-order valence-electron chi connectivity index (χ3n) is 4.78. The van der Waals surface area contributed by atoms with Crippen molar-refractivity contribution in [1.82, 2.24) is 9.55 Å². The maximum absolute atomic E-state index is 13.2. The number of nitrogens with two attached hydrogens (primary N) is 1. The Morgan fingerprint density at radius 2 is 1.88 bits per heavy atom. The number of carbonyl (C=O) groups is 1. The number of carbonyl (C=O) groups excluding carboxylic acids is 1. The molecule has 0 atom stereocenters. The summed E-state index contributed by atoms with van der Waals surface area (Å²) >= 11 is 0. The van der Waals surface area contributed by atoms with Gasteiger partial charge < -0.3 is 20.1 Å². The average Bonchev–Trinajstić information content (AvgIpc) is 2.74. The minimum absolute atomic E-state index is 0.0351. The zero-order valence-electron chi connectivity index (χ0n) is 20.2. The van der Waals surface area contributed by atoms with Gasteiger partial charge in [-0.1, -0.05) is 45.9 Å². The van der Waals surface area contributed by atoms with Gasteiger partial charge in [0.25, 0.3) is 11.5 Å². The highest BCUT2D eigenvalue weighted by atomic mass is 16.5. The van der Waals surface area contributed by atoms with Gasteiger partial charge in [0.05, 0.1) is 7.11 Å². The lowest BCUT2D eigenvalue weighted by molar-refractivity contribution is -0.120. The van der Waals surface area contributed by atoms with Crippen LogP contribution in [0, 0.1) is 11.8 Å². The Labute approximate surface area is 193 Å². The summed E-state index contributed by atoms with van der Waals surface area (Å²) in [6.45, 7) is 9.80. The first kappa shape index (κ1) is 25.8. The maximum Gasteiger partial charge on any atom is 0.330 e. The number of nitrogen functional groups attached to an aromatic ring is 1. The fourth-order valence-corrected chi connectivity index (χ4v) is 3.38. The van der Waals surface area contributed by atoms with E-state index in [0.717, 1.165) is 5.56 Å². The summed E-state index contributed by atoms with van der Waals surface area (Å²) in [5, 5.41) is 0. The molecule has 9 heteroatoms. The van der Waals surface area contributed by atoms with Crippen molar-refractivity contribution in [1.29, 1.82) is 0 Å². The van der Waals surface area contributed by atoms with Crippen LogP contribution in [0.25, 0.3) is 6.08 Å². The van der Waals surface area contributed by atoms with Gasteiger partial charge in [-0.2, -0.15) is 0 Å². The number of nitrogens with zero attached hydrogens (tertiary/aromatic N) is 2. The maximum atomic E-state index is 13.2. The highest BCUT2D eigenvalue weighted by Crippen LogP contribution is 2.29. The van der Waals surface area contributed by atoms with Gasteiger partial charge in [0.15, 0.2) is 23.8 Å². The molecule has 0 spiro atoms. The summed E-state index contributed by atoms with van der Waals surface area (Å²) in [5.74, 6) is 0.522. The molecule has 0 fully saturated rings. The Kier molecular flexibility index (Phi) is 8.90. The van der Waals surface area contributed by atoms with Crippen LogP contribution in [0.15, 0.2) is 33.9 Å². The molecule has 33 heavy (non-hydrogen) atoms. The summed E-state index contributed by atoms with van der Waals surface area (Å²) in [6.07, 6.45) is 3.83. The molecule has 0 radical (unpaired) electrons. The first-order chi connectivity index (χ1) is 15.6. The van der Waals surface area contributed by atoms with E-state index < -0.39 is 17.2 Å². The van der Waals surface area contributed by atoms with Crippen LogP contribution in [-0.2, 0) is 11.3 Å². The van der Waals surface area contributed by atoms with Crippen LogP contribution in [0.1, 0.15) is 40.2 Å². The molecule has 1 amide bonds. The van der Waals surface area contributed by atoms with Crippen LogP contribution in [-0.4, -0.2) is 35.7 Å². The lowest BCUT2D eigenvalue weighted by atomic mass is 10.2. The minimum Gasteiger partial charge on any atom is -0.493 e. The van der Waals surface area contributed by atoms with Gasteiger partial charge in [-0.15, -0.1) is 0 Å². The van der Waals surface area contributed by atoms with Gasteiger partial charge in [-0.05, 0) is 36.5 Å². The molecule has 1 aromatic heterocycles. The molecule has 180 valence electrons. The Bertz CT molecular complexity index is 1110. The molecule has 0 saturated heterocycles. The van der Waals surface area contributed by atoms with E-state index in [1.807, 2.05) is 52.8 Å². The van der Waals surface area contributed by atoms with Crippen molar-refractivity contribution in [2.45, 2.75) is 41.2 Å². The Morgan fingerprint density at radius 1 is 1.18 bits per heavy atom. The number of anilines is 2. The fraction of sp³-hybridized carbons (Fsp3) is 0.458. The Morgan fingerprint density at radius 3 is 2.45 bits per heavy atom. The number of hydrogen-bond acceptors (Lipinski definition) is 6. The second kappa shape index (κ2) is 11.4. The van der Waals surface area contributed by atoms with E-state index in [1.165, 1.54) is 16.6 Å². The number of amides is 1. The Balaban J connectivity index is 2.39. The SMILES string of the molecule is C/C=C/c1ccc(OCC(=O)N(CC(C)C)c2c(N)n(CC(C)C)c(=O)[nH]c2=O)c(OC)c1. The second-order valence-electron chi connectivity index (χ2n) is 8.59. The largest absolute Gasteiger partial charge is 0.493 e. The number of allylic oxidation sites excluding steroid dienone is 1. The van der Waals surface area contributed by atoms with Crippen LogP contribution >= 0.6 is 0 Å². The van der Waals surface area contributed by atoms with E-state index in [2.05, 4.69) is 4.98 Å². The molecule has 2 aromatic rings. The number of aromatic nitrogens is 2. The van der Waals surface area contributed by atoms with E-state index in [4.69, 9.17) is 15.2 Å². The molecule has 0 bridgehead atoms. The molecule has 0 aliphatic carbocycles. The molecule has 1 aromatic carbocycles. The van der Waals surface area contributed by atoms with Crippen molar-refractivity contribution in [3.05, 3.63) is 50.7 Å². The zero-order chi connectivity index (χ0) is 24.7. The number of rotatable bonds is 10. The summed E-state index contributed by atoms with van der Waals surface area (Å²) in [6, 6.07) is 5.37. The number of ether oxygens (including phenoxy) is 2. The molecule has 0 aliphatic rings. The number of methoxy groups -OCH3 is 1. The van der Waals surface area contributed by atoms with Crippen LogP contribution in [0.3, 0.4) is 0 Å². The molecule has 2 rings (SSSR count). The third kappa shape index (κ3) is 6.50. The van der Waals surface area contributed by atoms with Crippen molar-refractivity contribution in [3.63, 3.8) is 0 Å². The molecule has 0 unspecified atom stereocenters. The van der Waals surface area contributed by atoms with E-state index in [1.54, 1.807) is 12.1 Å². The van der Waals surface area contributed by atoms with Crippen molar-refractivity contribution < 1.29 is 14.3 Å². The van der Waals surface area contributed by atoms with Crippen molar-refractivity contribution in [2.24, 2.45) is 11.8 Å². The lowest BCUT2D eigenvalue weighted by Crippen LogP contribution is -2.44. The first-order valence-corrected chi connectivity index (χ1v) is 10.9. The number of benzene rings is 1. The van der Waals surface area contributed by atoms with Gasteiger partial charge in [-0.3, -0.25) is 19.1 Å². The lowest BCUT2D eigenvalue weighted by Gasteiger charge is -2.26. The smallest absolute Gasteiger partial charge is 0.330 e. The first-order valence-electron chi connectivity index (χ1n) is 10.9. The van der Waals surface area contributed by atoms with Crippen molar-refractivity contribution >= 4 is 23.5 Å². The van der Waals surface area contributed by atoms with Gasteiger partial charge in [-0.25, -0.2) is 4.79 Å². The van der Waals surface area contributed by atoms with E-state index >= 15 is 0 Å². The monoisotopic (exact) mass is 458 g/mol. The summed E-state index contributed by atoms with van der Waals surface area (Å²) in [5.41, 5.74) is 5.80. The van der Waals surface area contributed by atoms with Crippen LogP contribution in [0.5, 0.6) is 11.5 Å². The standard InChI is InChI=1S/C24H34N4O5/c1-7-8-17-9-10-18(19(11-17)32-6)33-14-20(29)27(12-15(2)3)21-22(25)28(13-16(4)5)24(31)26-23(21)30/h7-11,15-16H,12-14,25H2,1-6H3,(H,26,30,31)/b8-7+. The highest BCUT2D eigenvalue weighted by molar-refractivity contribution is 5.96. The fourth-order valence-electron chi connectivity index (χ4n) is 3.38. The van der Waals surface area contributed by atoms with Gasteiger partial charge in [0.2, 0.25) is 0 Å². The number of aromatic amines is 1. The van der Waals surface area contributed by atoms with Gasteiger partial charge >= 0.3 is 5.69 Å². The number of hydrogen-bond donors (Lipinski definition) is 2. The second-order valence-corrected chi connectivity index (χ2v) is 8.59. The Hall–Kier alpha value is -3.49. The quantitative estimate of drug-likeness (QED) is 0.565. The highest BCUT2D eigenvalue weighted by Gasteiger charge is 2.26. The minimum atomic E-state index is -0.709. The summed E-state index contributed by atoms with van der Waals surface area (Å²) in [4.78, 5) is 41.8. The molecule has 1 heterocycles. The van der Waals surface area contributed by atoms with E-state index in [-0.39, 0.29) is 36.5 Å². The van der Waals surface area contributed by atoms with E-state index in [9.17, 15) is 14.4 Å². The van der Waals surface area contributed by atoms with Crippen LogP contribution < -0.4 is 31.4 Å². The molecular weight excluding hydrogens is 424 g/mol. The molecule has 9 nitrogen and oxygen atoms in total. The van der Waals surface area contributed by atoms with Crippen molar-refractivity contribution in [3.8, 4) is 11.5 Å². The molecule has 0 aliphatic heterocycles. The van der Waals surface area contributed by atoms with Gasteiger partial charge in [0, 0.05) is 13.1 Å². The zero-order valence-corrected chi connectivity index (χ0v) is 20.2. The topological polar surface area (TPSA) is 120 Å². The summed E-state index contributed by atoms with van der Waals surface area (Å²) < 4.78 is 12.4. The van der Waals surface area contributed by atoms with E-state index in [0.29, 0.717) is 18.0 Å². The molecule has 0 saturated carbocycles. The van der Waals surface area contributed by atoms with Crippen LogP contribution in [0.4, 0.5) is 11.5 Å². The number of nitrogens with one attached hydrogen (secondary N) is 1. The molecular formula is C24H34N4O5. The van der Waals surface area contributed by atoms with Crippen LogP contribution in [0.2, 0.25) is 0 Å². The third-order valence-corrected chi connectivity index (χ3v) is 4.78. The molecule has 3 N–H and O–H groups in total.